The van der Waals surface area contributed by atoms with E-state index in [-0.39, 0.29) is 11.6 Å². The summed E-state index contributed by atoms with van der Waals surface area (Å²) in [7, 11) is 1.85. The summed E-state index contributed by atoms with van der Waals surface area (Å²) in [6.07, 6.45) is 0. The standard InChI is InChI=1S/C12H17N5O2/c1-7(2)11-10(12(18)19)13-15-17(11)6-9-5-8(3)14-16(9)4/h5,7H,6H2,1-4H3,(H,18,19). The molecule has 1 N–H and O–H groups in total. The topological polar surface area (TPSA) is 85.8 Å². The van der Waals surface area contributed by atoms with Crippen LogP contribution in [0.1, 0.15) is 47.3 Å². The van der Waals surface area contributed by atoms with Gasteiger partial charge in [0.05, 0.1) is 23.6 Å². The third kappa shape index (κ3) is 2.49. The summed E-state index contributed by atoms with van der Waals surface area (Å²) in [5.74, 6) is -1.01. The Balaban J connectivity index is 2.40. The van der Waals surface area contributed by atoms with Crippen molar-refractivity contribution in [2.75, 3.05) is 0 Å². The van der Waals surface area contributed by atoms with Gasteiger partial charge >= 0.3 is 5.97 Å². The van der Waals surface area contributed by atoms with Gasteiger partial charge in [0.1, 0.15) is 0 Å². The van der Waals surface area contributed by atoms with Gasteiger partial charge in [-0.2, -0.15) is 5.10 Å². The molecule has 0 aliphatic heterocycles. The maximum absolute atomic E-state index is 11.1. The second kappa shape index (κ2) is 4.83. The molecule has 2 rings (SSSR count). The van der Waals surface area contributed by atoms with Crippen LogP contribution < -0.4 is 0 Å². The Bertz CT molecular complexity index is 612. The summed E-state index contributed by atoms with van der Waals surface area (Å²) < 4.78 is 3.39. The van der Waals surface area contributed by atoms with Gasteiger partial charge in [0, 0.05) is 7.05 Å². The van der Waals surface area contributed by atoms with Crippen LogP contribution in [-0.2, 0) is 13.6 Å². The summed E-state index contributed by atoms with van der Waals surface area (Å²) in [6.45, 7) is 6.23. The second-order valence-corrected chi connectivity index (χ2v) is 4.84. The fraction of sp³-hybridized carbons (Fsp3) is 0.500. The molecule has 2 aromatic rings. The van der Waals surface area contributed by atoms with Crippen LogP contribution in [0.4, 0.5) is 0 Å². The maximum Gasteiger partial charge on any atom is 0.358 e. The SMILES string of the molecule is Cc1cc(Cn2nnc(C(=O)O)c2C(C)C)n(C)n1. The molecule has 7 heteroatoms. The van der Waals surface area contributed by atoms with E-state index >= 15 is 0 Å². The number of rotatable bonds is 4. The Labute approximate surface area is 110 Å². The number of aromatic nitrogens is 5. The van der Waals surface area contributed by atoms with E-state index in [0.29, 0.717) is 12.2 Å². The lowest BCUT2D eigenvalue weighted by atomic mass is 10.1. The van der Waals surface area contributed by atoms with E-state index in [2.05, 4.69) is 15.4 Å². The minimum absolute atomic E-state index is 0.0221. The average Bonchev–Trinajstić information content (AvgIpc) is 2.83. The van der Waals surface area contributed by atoms with Crippen molar-refractivity contribution in [3.63, 3.8) is 0 Å². The number of carbonyl (C=O) groups is 1. The summed E-state index contributed by atoms with van der Waals surface area (Å²) in [4.78, 5) is 11.1. The van der Waals surface area contributed by atoms with Crippen molar-refractivity contribution in [3.05, 3.63) is 28.8 Å². The Kier molecular flexibility index (Phi) is 3.37. The number of aryl methyl sites for hydroxylation is 2. The Morgan fingerprint density at radius 2 is 2.16 bits per heavy atom. The highest BCUT2D eigenvalue weighted by molar-refractivity contribution is 5.86. The molecular formula is C12H17N5O2. The molecule has 0 aliphatic carbocycles. The lowest BCUT2D eigenvalue weighted by Crippen LogP contribution is -2.12. The number of aromatic carboxylic acids is 1. The molecule has 0 saturated carbocycles. The van der Waals surface area contributed by atoms with E-state index in [1.54, 1.807) is 9.36 Å². The van der Waals surface area contributed by atoms with Crippen molar-refractivity contribution in [3.8, 4) is 0 Å². The Morgan fingerprint density at radius 1 is 1.47 bits per heavy atom. The van der Waals surface area contributed by atoms with E-state index in [4.69, 9.17) is 5.11 Å². The molecule has 102 valence electrons. The molecule has 2 aromatic heterocycles. The third-order valence-corrected chi connectivity index (χ3v) is 2.93. The van der Waals surface area contributed by atoms with Crippen molar-refractivity contribution in [1.82, 2.24) is 24.8 Å². The molecule has 0 atom stereocenters. The van der Waals surface area contributed by atoms with Gasteiger partial charge < -0.3 is 5.11 Å². The van der Waals surface area contributed by atoms with Crippen LogP contribution in [-0.4, -0.2) is 35.9 Å². The van der Waals surface area contributed by atoms with Gasteiger partial charge in [-0.15, -0.1) is 5.10 Å². The molecule has 7 nitrogen and oxygen atoms in total. The first kappa shape index (κ1) is 13.3. The zero-order valence-electron chi connectivity index (χ0n) is 11.5. The zero-order chi connectivity index (χ0) is 14.2. The number of hydrogen-bond donors (Lipinski definition) is 1. The summed E-state index contributed by atoms with van der Waals surface area (Å²) >= 11 is 0. The number of carboxylic acids is 1. The van der Waals surface area contributed by atoms with Gasteiger partial charge in [-0.25, -0.2) is 9.48 Å². The van der Waals surface area contributed by atoms with Crippen LogP contribution in [0.15, 0.2) is 6.07 Å². The van der Waals surface area contributed by atoms with Gasteiger partial charge in [0.2, 0.25) is 0 Å². The maximum atomic E-state index is 11.1. The van der Waals surface area contributed by atoms with E-state index < -0.39 is 5.97 Å². The molecular weight excluding hydrogens is 246 g/mol. The van der Waals surface area contributed by atoms with Crippen molar-refractivity contribution in [1.29, 1.82) is 0 Å². The minimum Gasteiger partial charge on any atom is -0.476 e. The largest absolute Gasteiger partial charge is 0.476 e. The van der Waals surface area contributed by atoms with Gasteiger partial charge in [0.25, 0.3) is 0 Å². The lowest BCUT2D eigenvalue weighted by Gasteiger charge is -2.09. The van der Waals surface area contributed by atoms with Crippen LogP contribution in [0.5, 0.6) is 0 Å². The second-order valence-electron chi connectivity index (χ2n) is 4.84. The quantitative estimate of drug-likeness (QED) is 0.895. The highest BCUT2D eigenvalue weighted by Crippen LogP contribution is 2.18. The van der Waals surface area contributed by atoms with Crippen LogP contribution in [0.25, 0.3) is 0 Å². The van der Waals surface area contributed by atoms with E-state index in [0.717, 1.165) is 11.4 Å². The van der Waals surface area contributed by atoms with Gasteiger partial charge in [0.15, 0.2) is 5.69 Å². The van der Waals surface area contributed by atoms with Crippen LogP contribution in [0, 0.1) is 6.92 Å². The van der Waals surface area contributed by atoms with Crippen molar-refractivity contribution < 1.29 is 9.90 Å². The molecule has 19 heavy (non-hydrogen) atoms. The molecule has 0 bridgehead atoms. The molecule has 2 heterocycles. The zero-order valence-corrected chi connectivity index (χ0v) is 11.5. The third-order valence-electron chi connectivity index (χ3n) is 2.93. The molecule has 0 aliphatic rings. The highest BCUT2D eigenvalue weighted by Gasteiger charge is 2.22. The predicted octanol–water partition coefficient (Wildman–Crippen LogP) is 1.19. The lowest BCUT2D eigenvalue weighted by molar-refractivity contribution is 0.0688. The molecule has 0 unspecified atom stereocenters. The normalized spacial score (nSPS) is 11.2. The number of hydrogen-bond acceptors (Lipinski definition) is 4. The van der Waals surface area contributed by atoms with E-state index in [1.807, 2.05) is 33.9 Å². The smallest absolute Gasteiger partial charge is 0.358 e. The molecule has 0 radical (unpaired) electrons. The number of nitrogens with zero attached hydrogens (tertiary/aromatic N) is 5. The first-order valence-corrected chi connectivity index (χ1v) is 6.06. The van der Waals surface area contributed by atoms with E-state index in [1.165, 1.54) is 0 Å². The van der Waals surface area contributed by atoms with Crippen molar-refractivity contribution in [2.45, 2.75) is 33.2 Å². The molecule has 0 saturated heterocycles. The summed E-state index contributed by atoms with van der Waals surface area (Å²) in [6, 6.07) is 1.95. The van der Waals surface area contributed by atoms with E-state index in [9.17, 15) is 4.79 Å². The molecule has 0 spiro atoms. The fourth-order valence-electron chi connectivity index (χ4n) is 2.13. The fourth-order valence-corrected chi connectivity index (χ4v) is 2.13. The molecule has 0 amide bonds. The Hall–Kier alpha value is -2.18. The minimum atomic E-state index is -1.05. The van der Waals surface area contributed by atoms with Crippen molar-refractivity contribution in [2.24, 2.45) is 7.05 Å². The molecule has 0 fully saturated rings. The van der Waals surface area contributed by atoms with Gasteiger partial charge in [-0.1, -0.05) is 19.1 Å². The van der Waals surface area contributed by atoms with Crippen LogP contribution in [0.2, 0.25) is 0 Å². The Morgan fingerprint density at radius 3 is 2.63 bits per heavy atom. The van der Waals surface area contributed by atoms with Crippen molar-refractivity contribution >= 4 is 5.97 Å². The number of carboxylic acid groups (broad SMARTS) is 1. The summed E-state index contributed by atoms with van der Waals surface area (Å²) in [5, 5.41) is 21.1. The summed E-state index contributed by atoms with van der Waals surface area (Å²) in [5.41, 5.74) is 2.53. The van der Waals surface area contributed by atoms with Gasteiger partial charge in [-0.05, 0) is 18.9 Å². The van der Waals surface area contributed by atoms with Crippen LogP contribution >= 0.6 is 0 Å². The first-order valence-electron chi connectivity index (χ1n) is 6.06. The first-order chi connectivity index (χ1) is 8.90. The van der Waals surface area contributed by atoms with Crippen LogP contribution in [0.3, 0.4) is 0 Å². The monoisotopic (exact) mass is 263 g/mol. The van der Waals surface area contributed by atoms with Gasteiger partial charge in [-0.3, -0.25) is 4.68 Å². The predicted molar refractivity (Wildman–Crippen MR) is 68.1 cm³/mol. The highest BCUT2D eigenvalue weighted by atomic mass is 16.4. The molecule has 0 aromatic carbocycles. The average molecular weight is 263 g/mol.